The summed E-state index contributed by atoms with van der Waals surface area (Å²) in [4.78, 5) is 35.4. The summed E-state index contributed by atoms with van der Waals surface area (Å²) in [7, 11) is 0. The largest absolute Gasteiger partial charge is 0.478 e. The molecule has 6 heteroatoms. The van der Waals surface area contributed by atoms with Crippen LogP contribution in [0.15, 0.2) is 48.5 Å². The zero-order valence-electron chi connectivity index (χ0n) is 15.7. The lowest BCUT2D eigenvalue weighted by molar-refractivity contribution is -0.115. The topological polar surface area (TPSA) is 95.5 Å². The van der Waals surface area contributed by atoms with Crippen LogP contribution in [0.25, 0.3) is 0 Å². The summed E-state index contributed by atoms with van der Waals surface area (Å²) in [5.41, 5.74) is 1.56. The first kappa shape index (κ1) is 20.2. The third-order valence-electron chi connectivity index (χ3n) is 4.31. The highest BCUT2D eigenvalue weighted by Crippen LogP contribution is 2.14. The van der Waals surface area contributed by atoms with Gasteiger partial charge in [-0.3, -0.25) is 9.59 Å². The molecule has 2 amide bonds. The number of carboxylic acid groups (broad SMARTS) is 1. The molecule has 0 atom stereocenters. The summed E-state index contributed by atoms with van der Waals surface area (Å²) < 4.78 is 0. The van der Waals surface area contributed by atoms with E-state index in [2.05, 4.69) is 10.6 Å². The Hall–Kier alpha value is -3.15. The third-order valence-corrected chi connectivity index (χ3v) is 4.31. The van der Waals surface area contributed by atoms with Gasteiger partial charge in [-0.15, -0.1) is 0 Å². The predicted octanol–water partition coefficient (Wildman–Crippen LogP) is 3.48. The molecule has 3 N–H and O–H groups in total. The lowest BCUT2D eigenvalue weighted by Crippen LogP contribution is -2.42. The number of amides is 2. The highest BCUT2D eigenvalue weighted by Gasteiger charge is 2.18. The Kier molecular flexibility index (Phi) is 6.34. The molecule has 0 aliphatic heterocycles. The zero-order chi connectivity index (χ0) is 20.0. The Morgan fingerprint density at radius 1 is 1.00 bits per heavy atom. The number of carboxylic acids is 1. The molecule has 0 aliphatic carbocycles. The Balaban J connectivity index is 1.98. The van der Waals surface area contributed by atoms with Gasteiger partial charge in [0.05, 0.1) is 12.0 Å². The van der Waals surface area contributed by atoms with Gasteiger partial charge in [-0.25, -0.2) is 4.79 Å². The van der Waals surface area contributed by atoms with Crippen molar-refractivity contribution in [3.63, 3.8) is 0 Å². The molecule has 0 radical (unpaired) electrons. The summed E-state index contributed by atoms with van der Waals surface area (Å²) in [5, 5.41) is 14.7. The Labute approximate surface area is 158 Å². The van der Waals surface area contributed by atoms with Crippen molar-refractivity contribution in [1.29, 1.82) is 0 Å². The fourth-order valence-electron chi connectivity index (χ4n) is 2.38. The van der Waals surface area contributed by atoms with Gasteiger partial charge in [0.2, 0.25) is 5.91 Å². The summed E-state index contributed by atoms with van der Waals surface area (Å²) in [6.07, 6.45) is 0.879. The van der Waals surface area contributed by atoms with Crippen molar-refractivity contribution in [2.45, 2.75) is 39.2 Å². The number of hydrogen-bond donors (Lipinski definition) is 3. The van der Waals surface area contributed by atoms with Crippen LogP contribution in [-0.4, -0.2) is 28.4 Å². The minimum Gasteiger partial charge on any atom is -0.478 e. The molecule has 142 valence electrons. The summed E-state index contributed by atoms with van der Waals surface area (Å²) in [6.45, 7) is 5.92. The molecule has 0 unspecified atom stereocenters. The maximum absolute atomic E-state index is 12.2. The van der Waals surface area contributed by atoms with E-state index in [1.807, 2.05) is 20.8 Å². The summed E-state index contributed by atoms with van der Waals surface area (Å²) >= 11 is 0. The standard InChI is InChI=1S/C21H24N2O4/c1-4-21(2,3)23-19(25)15-8-10-17(11-9-15)22-18(24)13-14-6-5-7-16(12-14)20(26)27/h5-12H,4,13H2,1-3H3,(H,22,24)(H,23,25)(H,26,27). The number of aromatic carboxylic acids is 1. The van der Waals surface area contributed by atoms with E-state index in [1.165, 1.54) is 12.1 Å². The second-order valence-electron chi connectivity index (χ2n) is 7.00. The van der Waals surface area contributed by atoms with Crippen molar-refractivity contribution in [3.8, 4) is 0 Å². The van der Waals surface area contributed by atoms with Crippen molar-refractivity contribution < 1.29 is 19.5 Å². The van der Waals surface area contributed by atoms with E-state index >= 15 is 0 Å². The van der Waals surface area contributed by atoms with Crippen molar-refractivity contribution in [3.05, 3.63) is 65.2 Å². The summed E-state index contributed by atoms with van der Waals surface area (Å²) in [5.74, 6) is -1.45. The molecule has 0 spiro atoms. The number of hydrogen-bond acceptors (Lipinski definition) is 3. The first-order valence-electron chi connectivity index (χ1n) is 8.75. The van der Waals surface area contributed by atoms with E-state index < -0.39 is 5.97 Å². The Morgan fingerprint density at radius 2 is 1.67 bits per heavy atom. The van der Waals surface area contributed by atoms with Crippen molar-refractivity contribution in [2.24, 2.45) is 0 Å². The molecule has 0 fully saturated rings. The fourth-order valence-corrected chi connectivity index (χ4v) is 2.38. The van der Waals surface area contributed by atoms with E-state index in [-0.39, 0.29) is 29.3 Å². The van der Waals surface area contributed by atoms with Gasteiger partial charge >= 0.3 is 5.97 Å². The van der Waals surface area contributed by atoms with Crippen LogP contribution in [0.2, 0.25) is 0 Å². The normalized spacial score (nSPS) is 10.9. The summed E-state index contributed by atoms with van der Waals surface area (Å²) in [6, 6.07) is 12.9. The molecule has 0 heterocycles. The number of anilines is 1. The van der Waals surface area contributed by atoms with E-state index in [1.54, 1.807) is 36.4 Å². The average molecular weight is 368 g/mol. The highest BCUT2D eigenvalue weighted by atomic mass is 16.4. The molecule has 0 aromatic heterocycles. The van der Waals surface area contributed by atoms with Crippen LogP contribution in [0.3, 0.4) is 0 Å². The van der Waals surface area contributed by atoms with Gasteiger partial charge in [-0.1, -0.05) is 19.1 Å². The SMILES string of the molecule is CCC(C)(C)NC(=O)c1ccc(NC(=O)Cc2cccc(C(=O)O)c2)cc1. The molecular formula is C21H24N2O4. The molecule has 0 aliphatic rings. The molecule has 2 aromatic rings. The Bertz CT molecular complexity index is 842. The predicted molar refractivity (Wildman–Crippen MR) is 104 cm³/mol. The van der Waals surface area contributed by atoms with Crippen LogP contribution in [0.4, 0.5) is 5.69 Å². The maximum Gasteiger partial charge on any atom is 0.335 e. The van der Waals surface area contributed by atoms with E-state index in [9.17, 15) is 14.4 Å². The number of carbonyl (C=O) groups excluding carboxylic acids is 2. The van der Waals surface area contributed by atoms with Gasteiger partial charge in [0.15, 0.2) is 0 Å². The minimum absolute atomic E-state index is 0.0635. The second kappa shape index (κ2) is 8.49. The molecule has 27 heavy (non-hydrogen) atoms. The average Bonchev–Trinajstić information content (AvgIpc) is 2.62. The number of rotatable bonds is 7. The quantitative estimate of drug-likeness (QED) is 0.697. The lowest BCUT2D eigenvalue weighted by Gasteiger charge is -2.24. The molecule has 6 nitrogen and oxygen atoms in total. The van der Waals surface area contributed by atoms with Crippen molar-refractivity contribution >= 4 is 23.5 Å². The molecular weight excluding hydrogens is 344 g/mol. The van der Waals surface area contributed by atoms with Crippen LogP contribution in [0.5, 0.6) is 0 Å². The minimum atomic E-state index is -1.03. The van der Waals surface area contributed by atoms with Crippen LogP contribution in [0, 0.1) is 0 Å². The molecule has 2 rings (SSSR count). The zero-order valence-corrected chi connectivity index (χ0v) is 15.7. The van der Waals surface area contributed by atoms with E-state index in [4.69, 9.17) is 5.11 Å². The smallest absolute Gasteiger partial charge is 0.335 e. The van der Waals surface area contributed by atoms with Crippen LogP contribution in [-0.2, 0) is 11.2 Å². The Morgan fingerprint density at radius 3 is 2.26 bits per heavy atom. The first-order chi connectivity index (χ1) is 12.7. The van der Waals surface area contributed by atoms with Crippen LogP contribution < -0.4 is 10.6 Å². The molecule has 0 saturated heterocycles. The molecule has 0 saturated carbocycles. The van der Waals surface area contributed by atoms with Gasteiger partial charge < -0.3 is 15.7 Å². The maximum atomic E-state index is 12.2. The number of nitrogens with one attached hydrogen (secondary N) is 2. The third kappa shape index (κ3) is 5.95. The van der Waals surface area contributed by atoms with E-state index in [0.29, 0.717) is 16.8 Å². The molecule has 2 aromatic carbocycles. The van der Waals surface area contributed by atoms with Crippen LogP contribution in [0.1, 0.15) is 53.5 Å². The monoisotopic (exact) mass is 368 g/mol. The van der Waals surface area contributed by atoms with Gasteiger partial charge in [0.25, 0.3) is 5.91 Å². The van der Waals surface area contributed by atoms with Gasteiger partial charge in [-0.05, 0) is 62.2 Å². The van der Waals surface area contributed by atoms with E-state index in [0.717, 1.165) is 6.42 Å². The van der Waals surface area contributed by atoms with Gasteiger partial charge in [0.1, 0.15) is 0 Å². The van der Waals surface area contributed by atoms with Gasteiger partial charge in [-0.2, -0.15) is 0 Å². The lowest BCUT2D eigenvalue weighted by atomic mass is 10.0. The number of carbonyl (C=O) groups is 3. The highest BCUT2D eigenvalue weighted by molar-refractivity contribution is 5.96. The van der Waals surface area contributed by atoms with Crippen molar-refractivity contribution in [2.75, 3.05) is 5.32 Å². The second-order valence-corrected chi connectivity index (χ2v) is 7.00. The van der Waals surface area contributed by atoms with Crippen molar-refractivity contribution in [1.82, 2.24) is 5.32 Å². The number of benzene rings is 2. The molecule has 0 bridgehead atoms. The van der Waals surface area contributed by atoms with Crippen LogP contribution >= 0.6 is 0 Å². The van der Waals surface area contributed by atoms with Gasteiger partial charge in [0, 0.05) is 16.8 Å². The first-order valence-corrected chi connectivity index (χ1v) is 8.75. The fraction of sp³-hybridized carbons (Fsp3) is 0.286.